The molecule has 0 bridgehead atoms. The van der Waals surface area contributed by atoms with E-state index in [1.807, 2.05) is 12.1 Å². The summed E-state index contributed by atoms with van der Waals surface area (Å²) in [7, 11) is 3.30. The molecule has 0 N–H and O–H groups in total. The highest BCUT2D eigenvalue weighted by molar-refractivity contribution is 7.17. The van der Waals surface area contributed by atoms with Gasteiger partial charge in [0.1, 0.15) is 0 Å². The van der Waals surface area contributed by atoms with Gasteiger partial charge in [0, 0.05) is 10.8 Å². The van der Waals surface area contributed by atoms with E-state index >= 15 is 0 Å². The summed E-state index contributed by atoms with van der Waals surface area (Å²) in [4.78, 5) is 0. The van der Waals surface area contributed by atoms with Crippen molar-refractivity contribution in [1.82, 2.24) is 0 Å². The number of methoxy groups -OCH3 is 2. The molecule has 0 fully saturated rings. The highest BCUT2D eigenvalue weighted by Crippen LogP contribution is 2.34. The predicted octanol–water partition coefficient (Wildman–Crippen LogP) is 2.92. The van der Waals surface area contributed by atoms with Crippen molar-refractivity contribution in [2.45, 2.75) is 0 Å². The van der Waals surface area contributed by atoms with Gasteiger partial charge in [-0.1, -0.05) is 0 Å². The van der Waals surface area contributed by atoms with Gasteiger partial charge in [0.15, 0.2) is 11.5 Å². The summed E-state index contributed by atoms with van der Waals surface area (Å²) in [6.07, 6.45) is 0. The number of hydrogen-bond donors (Lipinski definition) is 0. The molecular formula is C10H10O2S. The van der Waals surface area contributed by atoms with Crippen LogP contribution in [-0.4, -0.2) is 14.2 Å². The number of thiophene rings is 1. The van der Waals surface area contributed by atoms with Crippen molar-refractivity contribution in [3.05, 3.63) is 23.6 Å². The van der Waals surface area contributed by atoms with E-state index in [1.54, 1.807) is 25.6 Å². The molecule has 0 amide bonds. The standard InChI is InChI=1S/C10H10O2S/c1-11-8-5-7-3-4-13-10(7)6-9(8)12-2/h3-6H,1-2H3. The van der Waals surface area contributed by atoms with Gasteiger partial charge in [-0.25, -0.2) is 0 Å². The first-order valence-electron chi connectivity index (χ1n) is 3.94. The Hall–Kier alpha value is -1.22. The first-order valence-corrected chi connectivity index (χ1v) is 4.82. The van der Waals surface area contributed by atoms with Gasteiger partial charge < -0.3 is 9.47 Å². The molecule has 3 heteroatoms. The Labute approximate surface area is 80.7 Å². The van der Waals surface area contributed by atoms with Crippen LogP contribution in [0.5, 0.6) is 11.5 Å². The number of fused-ring (bicyclic) bond motifs is 1. The van der Waals surface area contributed by atoms with Gasteiger partial charge in [-0.3, -0.25) is 0 Å². The molecule has 0 saturated carbocycles. The lowest BCUT2D eigenvalue weighted by Crippen LogP contribution is -1.89. The second-order valence-corrected chi connectivity index (χ2v) is 3.61. The van der Waals surface area contributed by atoms with Crippen LogP contribution in [0.15, 0.2) is 23.6 Å². The van der Waals surface area contributed by atoms with E-state index in [1.165, 1.54) is 10.1 Å². The molecule has 1 heterocycles. The van der Waals surface area contributed by atoms with Crippen molar-refractivity contribution < 1.29 is 9.47 Å². The summed E-state index contributed by atoms with van der Waals surface area (Å²) in [6, 6.07) is 6.06. The van der Waals surface area contributed by atoms with E-state index in [0.29, 0.717) is 0 Å². The molecule has 0 aliphatic heterocycles. The Morgan fingerprint density at radius 2 is 1.77 bits per heavy atom. The van der Waals surface area contributed by atoms with Crippen LogP contribution in [0.4, 0.5) is 0 Å². The molecule has 0 aliphatic carbocycles. The fourth-order valence-electron chi connectivity index (χ4n) is 1.29. The van der Waals surface area contributed by atoms with Gasteiger partial charge in [-0.2, -0.15) is 0 Å². The molecule has 0 aliphatic rings. The molecule has 2 nitrogen and oxygen atoms in total. The van der Waals surface area contributed by atoms with Crippen LogP contribution in [0.3, 0.4) is 0 Å². The maximum Gasteiger partial charge on any atom is 0.162 e. The monoisotopic (exact) mass is 194 g/mol. The third-order valence-electron chi connectivity index (χ3n) is 1.96. The molecule has 1 aromatic heterocycles. The van der Waals surface area contributed by atoms with Crippen molar-refractivity contribution in [2.75, 3.05) is 14.2 Å². The summed E-state index contributed by atoms with van der Waals surface area (Å²) in [5.74, 6) is 1.57. The summed E-state index contributed by atoms with van der Waals surface area (Å²) >= 11 is 1.70. The first-order chi connectivity index (χ1) is 6.35. The summed E-state index contributed by atoms with van der Waals surface area (Å²) < 4.78 is 11.6. The fourth-order valence-corrected chi connectivity index (χ4v) is 2.09. The molecular weight excluding hydrogens is 184 g/mol. The maximum atomic E-state index is 5.20. The second-order valence-electron chi connectivity index (χ2n) is 2.67. The first kappa shape index (κ1) is 8.38. The topological polar surface area (TPSA) is 18.5 Å². The van der Waals surface area contributed by atoms with E-state index in [2.05, 4.69) is 11.4 Å². The molecule has 0 saturated heterocycles. The maximum absolute atomic E-state index is 5.20. The van der Waals surface area contributed by atoms with Crippen LogP contribution in [0.25, 0.3) is 10.1 Å². The Balaban J connectivity index is 2.67. The van der Waals surface area contributed by atoms with Gasteiger partial charge in [0.05, 0.1) is 14.2 Å². The highest BCUT2D eigenvalue weighted by Gasteiger charge is 2.05. The van der Waals surface area contributed by atoms with Gasteiger partial charge in [-0.15, -0.1) is 11.3 Å². The van der Waals surface area contributed by atoms with Gasteiger partial charge in [0.2, 0.25) is 0 Å². The molecule has 68 valence electrons. The van der Waals surface area contributed by atoms with E-state index < -0.39 is 0 Å². The smallest absolute Gasteiger partial charge is 0.162 e. The zero-order valence-electron chi connectivity index (χ0n) is 7.53. The number of ether oxygens (including phenoxy) is 2. The Morgan fingerprint density at radius 1 is 1.08 bits per heavy atom. The molecule has 0 spiro atoms. The molecule has 0 unspecified atom stereocenters. The Kier molecular flexibility index (Phi) is 2.10. The lowest BCUT2D eigenvalue weighted by molar-refractivity contribution is 0.356. The van der Waals surface area contributed by atoms with E-state index in [9.17, 15) is 0 Å². The molecule has 1 aromatic carbocycles. The SMILES string of the molecule is COc1cc2ccsc2cc1OC. The summed E-state index contributed by atoms with van der Waals surface area (Å²) in [6.45, 7) is 0. The number of hydrogen-bond acceptors (Lipinski definition) is 3. The van der Waals surface area contributed by atoms with Crippen molar-refractivity contribution in [3.63, 3.8) is 0 Å². The minimum atomic E-state index is 0.786. The van der Waals surface area contributed by atoms with E-state index in [-0.39, 0.29) is 0 Å². The number of rotatable bonds is 2. The minimum absolute atomic E-state index is 0.786. The van der Waals surface area contributed by atoms with E-state index in [4.69, 9.17) is 9.47 Å². The second kappa shape index (κ2) is 3.26. The van der Waals surface area contributed by atoms with Crippen LogP contribution in [-0.2, 0) is 0 Å². The molecule has 0 radical (unpaired) electrons. The van der Waals surface area contributed by atoms with Crippen molar-refractivity contribution in [1.29, 1.82) is 0 Å². The average molecular weight is 194 g/mol. The quantitative estimate of drug-likeness (QED) is 0.731. The largest absolute Gasteiger partial charge is 0.493 e. The molecule has 0 atom stereocenters. The zero-order valence-corrected chi connectivity index (χ0v) is 8.35. The van der Waals surface area contributed by atoms with Crippen molar-refractivity contribution in [2.24, 2.45) is 0 Å². The third kappa shape index (κ3) is 1.35. The fraction of sp³-hybridized carbons (Fsp3) is 0.200. The van der Waals surface area contributed by atoms with E-state index in [0.717, 1.165) is 11.5 Å². The molecule has 2 aromatic rings. The highest BCUT2D eigenvalue weighted by atomic mass is 32.1. The molecule has 13 heavy (non-hydrogen) atoms. The van der Waals surface area contributed by atoms with Crippen LogP contribution in [0, 0.1) is 0 Å². The lowest BCUT2D eigenvalue weighted by Gasteiger charge is -2.06. The van der Waals surface area contributed by atoms with Gasteiger partial charge >= 0.3 is 0 Å². The van der Waals surface area contributed by atoms with Crippen molar-refractivity contribution >= 4 is 21.4 Å². The predicted molar refractivity (Wildman–Crippen MR) is 54.9 cm³/mol. The Bertz CT molecular complexity index is 382. The normalized spacial score (nSPS) is 10.3. The Morgan fingerprint density at radius 3 is 2.46 bits per heavy atom. The molecule has 2 rings (SSSR count). The van der Waals surface area contributed by atoms with Gasteiger partial charge in [-0.05, 0) is 22.9 Å². The van der Waals surface area contributed by atoms with Gasteiger partial charge in [0.25, 0.3) is 0 Å². The summed E-state index contributed by atoms with van der Waals surface area (Å²) in [5.41, 5.74) is 0. The van der Waals surface area contributed by atoms with Crippen LogP contribution in [0.2, 0.25) is 0 Å². The zero-order chi connectivity index (χ0) is 9.26. The third-order valence-corrected chi connectivity index (χ3v) is 2.84. The van der Waals surface area contributed by atoms with Crippen LogP contribution >= 0.6 is 11.3 Å². The van der Waals surface area contributed by atoms with Crippen LogP contribution in [0.1, 0.15) is 0 Å². The summed E-state index contributed by atoms with van der Waals surface area (Å²) in [5, 5.41) is 3.26. The van der Waals surface area contributed by atoms with Crippen LogP contribution < -0.4 is 9.47 Å². The van der Waals surface area contributed by atoms with Crippen molar-refractivity contribution in [3.8, 4) is 11.5 Å². The number of benzene rings is 1. The minimum Gasteiger partial charge on any atom is -0.493 e. The average Bonchev–Trinajstić information content (AvgIpc) is 2.62. The lowest BCUT2D eigenvalue weighted by atomic mass is 10.2.